The monoisotopic (exact) mass is 301 g/mol. The van der Waals surface area contributed by atoms with Crippen molar-refractivity contribution in [1.29, 1.82) is 0 Å². The first-order valence-corrected chi connectivity index (χ1v) is 5.87. The molecule has 4 nitrogen and oxygen atoms in total. The molecule has 0 unspecified atom stereocenters. The molecule has 1 aromatic carbocycles. The second kappa shape index (κ2) is 5.19. The van der Waals surface area contributed by atoms with E-state index in [0.29, 0.717) is 23.6 Å². The van der Waals surface area contributed by atoms with Crippen LogP contribution in [0.25, 0.3) is 0 Å². The molecule has 0 saturated carbocycles. The highest BCUT2D eigenvalue weighted by molar-refractivity contribution is 6.04. The van der Waals surface area contributed by atoms with Crippen LogP contribution in [0.5, 0.6) is 0 Å². The van der Waals surface area contributed by atoms with Crippen LogP contribution < -0.4 is 5.32 Å². The molecule has 1 amide bonds. The zero-order valence-corrected chi connectivity index (χ0v) is 11.1. The molecule has 0 aliphatic heterocycles. The van der Waals surface area contributed by atoms with Gasteiger partial charge in [0.05, 0.1) is 11.3 Å². The zero-order valence-electron chi connectivity index (χ0n) is 11.1. The van der Waals surface area contributed by atoms with E-state index in [1.165, 1.54) is 4.68 Å². The summed E-state index contributed by atoms with van der Waals surface area (Å²) in [6.45, 7) is 1.70. The second-order valence-corrected chi connectivity index (χ2v) is 4.44. The summed E-state index contributed by atoms with van der Waals surface area (Å²) >= 11 is 0. The molecule has 0 spiro atoms. The molecule has 0 fully saturated rings. The molecule has 2 aromatic rings. The average Bonchev–Trinajstić information content (AvgIpc) is 2.66. The molecule has 8 heteroatoms. The molecule has 1 aromatic heterocycles. The van der Waals surface area contributed by atoms with Crippen LogP contribution in [0.1, 0.15) is 21.6 Å². The van der Waals surface area contributed by atoms with Crippen molar-refractivity contribution in [2.75, 3.05) is 5.32 Å². The molecule has 2 rings (SSSR count). The summed E-state index contributed by atoms with van der Waals surface area (Å²) in [4.78, 5) is 11.9. The van der Waals surface area contributed by atoms with Gasteiger partial charge in [-0.1, -0.05) is 0 Å². The molecular weight excluding hydrogens is 290 g/mol. The Balaban J connectivity index is 2.30. The summed E-state index contributed by atoms with van der Waals surface area (Å²) in [7, 11) is 1.58. The Kier molecular flexibility index (Phi) is 3.71. The van der Waals surface area contributed by atoms with E-state index in [1.807, 2.05) is 0 Å². The van der Waals surface area contributed by atoms with Crippen molar-refractivity contribution in [1.82, 2.24) is 9.78 Å². The Bertz CT molecular complexity index is 691. The normalized spacial score (nSPS) is 11.5. The lowest BCUT2D eigenvalue weighted by molar-refractivity contribution is -0.140. The van der Waals surface area contributed by atoms with Crippen LogP contribution in [0, 0.1) is 12.7 Å². The highest BCUT2D eigenvalue weighted by atomic mass is 19.4. The molecule has 0 aliphatic rings. The van der Waals surface area contributed by atoms with Crippen LogP contribution in [-0.4, -0.2) is 15.7 Å². The van der Waals surface area contributed by atoms with E-state index in [2.05, 4.69) is 10.4 Å². The Morgan fingerprint density at radius 1 is 1.29 bits per heavy atom. The number of benzene rings is 1. The smallest absolute Gasteiger partial charge is 0.307 e. The van der Waals surface area contributed by atoms with E-state index >= 15 is 0 Å². The number of hydrogen-bond acceptors (Lipinski definition) is 2. The second-order valence-electron chi connectivity index (χ2n) is 4.44. The first-order valence-electron chi connectivity index (χ1n) is 5.87. The van der Waals surface area contributed by atoms with Crippen LogP contribution >= 0.6 is 0 Å². The fourth-order valence-electron chi connectivity index (χ4n) is 1.80. The van der Waals surface area contributed by atoms with Crippen molar-refractivity contribution >= 4 is 11.7 Å². The van der Waals surface area contributed by atoms with Crippen molar-refractivity contribution in [3.8, 4) is 0 Å². The van der Waals surface area contributed by atoms with Gasteiger partial charge in [0, 0.05) is 18.7 Å². The first-order chi connectivity index (χ1) is 9.68. The molecule has 0 aliphatic carbocycles. The standard InChI is InChI=1S/C13H11F4N3O/c1-7-5-11(20(2)19-7)18-12(21)8-3-4-10(14)9(6-8)13(15,16)17/h3-6H,1-2H3,(H,18,21). The van der Waals surface area contributed by atoms with Gasteiger partial charge in [0.1, 0.15) is 11.6 Å². The highest BCUT2D eigenvalue weighted by Gasteiger charge is 2.34. The van der Waals surface area contributed by atoms with E-state index in [9.17, 15) is 22.4 Å². The van der Waals surface area contributed by atoms with Crippen LogP contribution in [0.3, 0.4) is 0 Å². The largest absolute Gasteiger partial charge is 0.419 e. The van der Waals surface area contributed by atoms with Crippen LogP contribution in [0.4, 0.5) is 23.4 Å². The molecule has 112 valence electrons. The van der Waals surface area contributed by atoms with Gasteiger partial charge in [-0.25, -0.2) is 4.39 Å². The van der Waals surface area contributed by atoms with Gasteiger partial charge in [-0.15, -0.1) is 0 Å². The van der Waals surface area contributed by atoms with Crippen molar-refractivity contribution < 1.29 is 22.4 Å². The number of carbonyl (C=O) groups excluding carboxylic acids is 1. The fourth-order valence-corrected chi connectivity index (χ4v) is 1.80. The summed E-state index contributed by atoms with van der Waals surface area (Å²) in [6, 6.07) is 3.65. The number of halogens is 4. The minimum atomic E-state index is -4.86. The predicted octanol–water partition coefficient (Wildman–Crippen LogP) is 3.14. The number of aryl methyl sites for hydroxylation is 2. The quantitative estimate of drug-likeness (QED) is 0.866. The van der Waals surface area contributed by atoms with Gasteiger partial charge in [-0.3, -0.25) is 9.48 Å². The van der Waals surface area contributed by atoms with Crippen molar-refractivity contribution in [3.05, 3.63) is 46.9 Å². The van der Waals surface area contributed by atoms with Gasteiger partial charge >= 0.3 is 6.18 Å². The predicted molar refractivity (Wildman–Crippen MR) is 67.3 cm³/mol. The number of anilines is 1. The Morgan fingerprint density at radius 2 is 1.95 bits per heavy atom. The number of carbonyl (C=O) groups is 1. The molecular formula is C13H11F4N3O. The summed E-state index contributed by atoms with van der Waals surface area (Å²) in [5.74, 6) is -1.87. The highest BCUT2D eigenvalue weighted by Crippen LogP contribution is 2.32. The van der Waals surface area contributed by atoms with Gasteiger partial charge in [0.2, 0.25) is 0 Å². The summed E-state index contributed by atoms with van der Waals surface area (Å²) in [5, 5.41) is 6.41. The average molecular weight is 301 g/mol. The van der Waals surface area contributed by atoms with E-state index in [1.54, 1.807) is 20.0 Å². The lowest BCUT2D eigenvalue weighted by Gasteiger charge is -2.10. The fraction of sp³-hybridized carbons (Fsp3) is 0.231. The lowest BCUT2D eigenvalue weighted by atomic mass is 10.1. The van der Waals surface area contributed by atoms with Gasteiger partial charge in [0.25, 0.3) is 5.91 Å². The zero-order chi connectivity index (χ0) is 15.8. The van der Waals surface area contributed by atoms with Crippen LogP contribution in [-0.2, 0) is 13.2 Å². The van der Waals surface area contributed by atoms with E-state index < -0.39 is 23.5 Å². The molecule has 1 N–H and O–H groups in total. The minimum absolute atomic E-state index is 0.289. The van der Waals surface area contributed by atoms with Gasteiger partial charge in [-0.2, -0.15) is 18.3 Å². The maximum absolute atomic E-state index is 13.2. The molecule has 0 saturated heterocycles. The van der Waals surface area contributed by atoms with E-state index in [4.69, 9.17) is 0 Å². The number of alkyl halides is 3. The SMILES string of the molecule is Cc1cc(NC(=O)c2ccc(F)c(C(F)(F)F)c2)n(C)n1. The summed E-state index contributed by atoms with van der Waals surface area (Å²) < 4.78 is 52.3. The van der Waals surface area contributed by atoms with E-state index in [0.717, 1.165) is 6.07 Å². The Morgan fingerprint density at radius 3 is 2.48 bits per heavy atom. The molecule has 0 radical (unpaired) electrons. The number of amides is 1. The molecule has 0 bridgehead atoms. The first kappa shape index (κ1) is 15.0. The molecule has 1 heterocycles. The number of hydrogen-bond donors (Lipinski definition) is 1. The third kappa shape index (κ3) is 3.21. The summed E-state index contributed by atoms with van der Waals surface area (Å²) in [6.07, 6.45) is -4.86. The van der Waals surface area contributed by atoms with Gasteiger partial charge < -0.3 is 5.32 Å². The van der Waals surface area contributed by atoms with Crippen molar-refractivity contribution in [3.63, 3.8) is 0 Å². The molecule has 21 heavy (non-hydrogen) atoms. The number of rotatable bonds is 2. The summed E-state index contributed by atoms with van der Waals surface area (Å²) in [5.41, 5.74) is -1.12. The number of nitrogens with zero attached hydrogens (tertiary/aromatic N) is 2. The lowest BCUT2D eigenvalue weighted by Crippen LogP contribution is -2.16. The van der Waals surface area contributed by atoms with Crippen LogP contribution in [0.15, 0.2) is 24.3 Å². The third-order valence-electron chi connectivity index (χ3n) is 2.78. The minimum Gasteiger partial charge on any atom is -0.307 e. The van der Waals surface area contributed by atoms with Crippen molar-refractivity contribution in [2.24, 2.45) is 7.05 Å². The maximum Gasteiger partial charge on any atom is 0.419 e. The molecule has 0 atom stereocenters. The van der Waals surface area contributed by atoms with Crippen molar-refractivity contribution in [2.45, 2.75) is 13.1 Å². The van der Waals surface area contributed by atoms with Gasteiger partial charge in [0.15, 0.2) is 0 Å². The third-order valence-corrected chi connectivity index (χ3v) is 2.78. The number of aromatic nitrogens is 2. The topological polar surface area (TPSA) is 46.9 Å². The Labute approximate surface area is 117 Å². The van der Waals surface area contributed by atoms with Gasteiger partial charge in [-0.05, 0) is 25.1 Å². The Hall–Kier alpha value is -2.38. The van der Waals surface area contributed by atoms with E-state index in [-0.39, 0.29) is 5.56 Å². The number of nitrogens with one attached hydrogen (secondary N) is 1. The van der Waals surface area contributed by atoms with Crippen LogP contribution in [0.2, 0.25) is 0 Å². The maximum atomic E-state index is 13.2.